The molecule has 29 heavy (non-hydrogen) atoms. The van der Waals surface area contributed by atoms with E-state index in [9.17, 15) is 33.2 Å². The van der Waals surface area contributed by atoms with Crippen LogP contribution in [-0.2, 0) is 0 Å². The van der Waals surface area contributed by atoms with Crippen molar-refractivity contribution in [2.24, 2.45) is 5.92 Å². The monoisotopic (exact) mass is 409 g/mol. The van der Waals surface area contributed by atoms with Gasteiger partial charge in [-0.1, -0.05) is 0 Å². The number of Topliss-reactive ketones (excluding diaryl/α,β-unsaturated/α-hetero) is 1. The Hall–Kier alpha value is -2.94. The van der Waals surface area contributed by atoms with Gasteiger partial charge < -0.3 is 9.84 Å². The lowest BCUT2D eigenvalue weighted by atomic mass is 9.71. The van der Waals surface area contributed by atoms with Crippen molar-refractivity contribution in [1.29, 1.82) is 0 Å². The lowest BCUT2D eigenvalue weighted by molar-refractivity contribution is -0.532. The molecule has 3 rings (SSSR count). The van der Waals surface area contributed by atoms with Gasteiger partial charge in [-0.3, -0.25) is 14.9 Å². The van der Waals surface area contributed by atoms with Crippen LogP contribution in [-0.4, -0.2) is 35.1 Å². The molecule has 154 valence electrons. The van der Waals surface area contributed by atoms with Gasteiger partial charge in [0.05, 0.1) is 25.0 Å². The summed E-state index contributed by atoms with van der Waals surface area (Å²) in [5.41, 5.74) is -0.144. The van der Waals surface area contributed by atoms with Crippen molar-refractivity contribution in [3.8, 4) is 5.75 Å². The maximum absolute atomic E-state index is 14.2. The van der Waals surface area contributed by atoms with Crippen molar-refractivity contribution in [3.63, 3.8) is 0 Å². The quantitative estimate of drug-likeness (QED) is 0.353. The number of aliphatic hydroxyl groups excluding tert-OH is 1. The van der Waals surface area contributed by atoms with E-state index in [1.54, 1.807) is 12.1 Å². The molecule has 9 heteroatoms. The van der Waals surface area contributed by atoms with E-state index >= 15 is 0 Å². The van der Waals surface area contributed by atoms with E-state index in [1.165, 1.54) is 19.2 Å². The van der Waals surface area contributed by atoms with Crippen molar-refractivity contribution in [1.82, 2.24) is 0 Å². The van der Waals surface area contributed by atoms with Gasteiger partial charge in [0.1, 0.15) is 11.6 Å². The molecule has 0 saturated heterocycles. The van der Waals surface area contributed by atoms with E-state index in [2.05, 4.69) is 0 Å². The summed E-state index contributed by atoms with van der Waals surface area (Å²) in [7, 11) is 1.46. The van der Waals surface area contributed by atoms with Crippen LogP contribution in [0.5, 0.6) is 5.75 Å². The molecule has 1 aliphatic rings. The fraction of sp³-hybridized carbons (Fsp3) is 0.350. The van der Waals surface area contributed by atoms with Crippen LogP contribution in [0.4, 0.5) is 13.2 Å². The van der Waals surface area contributed by atoms with Crippen LogP contribution in [0.1, 0.15) is 34.7 Å². The van der Waals surface area contributed by atoms with E-state index in [0.717, 1.165) is 0 Å². The number of ketones is 1. The molecule has 2 aromatic carbocycles. The fourth-order valence-corrected chi connectivity index (χ4v) is 3.80. The minimum atomic E-state index is -1.44. The molecule has 1 saturated carbocycles. The molecule has 1 fully saturated rings. The molecule has 1 N–H and O–H groups in total. The zero-order chi connectivity index (χ0) is 21.3. The summed E-state index contributed by atoms with van der Waals surface area (Å²) >= 11 is 0. The zero-order valence-electron chi connectivity index (χ0n) is 15.3. The average molecular weight is 409 g/mol. The van der Waals surface area contributed by atoms with Crippen molar-refractivity contribution in [2.75, 3.05) is 7.11 Å². The Kier molecular flexibility index (Phi) is 5.88. The third-order valence-electron chi connectivity index (χ3n) is 5.34. The van der Waals surface area contributed by atoms with E-state index < -0.39 is 52.1 Å². The van der Waals surface area contributed by atoms with Crippen LogP contribution in [0.3, 0.4) is 0 Å². The van der Waals surface area contributed by atoms with Crippen molar-refractivity contribution in [2.45, 2.75) is 30.9 Å². The van der Waals surface area contributed by atoms with Crippen LogP contribution in [0, 0.1) is 33.5 Å². The second kappa shape index (κ2) is 8.20. The molecule has 0 unspecified atom stereocenters. The Bertz CT molecular complexity index is 934. The maximum Gasteiger partial charge on any atom is 0.220 e. The molecule has 4 atom stereocenters. The fourth-order valence-electron chi connectivity index (χ4n) is 3.80. The highest BCUT2D eigenvalue weighted by atomic mass is 19.2. The SMILES string of the molecule is COc1ccc(C(=O)[C@H]2C[C@@H]([N+](=O)[O-])[C@H](c3cc(F)c(F)cc3F)C[C@H]2O)cc1. The molecule has 1 aliphatic carbocycles. The van der Waals surface area contributed by atoms with Gasteiger partial charge in [-0.15, -0.1) is 0 Å². The summed E-state index contributed by atoms with van der Waals surface area (Å²) in [6.45, 7) is 0. The molecule has 0 aromatic heterocycles. The predicted molar refractivity (Wildman–Crippen MR) is 95.9 cm³/mol. The number of nitrogens with zero attached hydrogens (tertiary/aromatic N) is 1. The molecule has 0 radical (unpaired) electrons. The summed E-state index contributed by atoms with van der Waals surface area (Å²) in [6.07, 6.45) is -2.00. The number of benzene rings is 2. The standard InChI is InChI=1S/C20H18F3NO5/c1-29-11-4-2-10(3-5-11)20(26)14-7-18(24(27)28)13(8-19(14)25)12-6-16(22)17(23)9-15(12)21/h2-6,9,13-14,18-19,25H,7-8H2,1H3/t13-,14-,18+,19+/m0/s1. The van der Waals surface area contributed by atoms with Gasteiger partial charge >= 0.3 is 0 Å². The van der Waals surface area contributed by atoms with Crippen LogP contribution in [0.25, 0.3) is 0 Å². The largest absolute Gasteiger partial charge is 0.497 e. The van der Waals surface area contributed by atoms with E-state index in [4.69, 9.17) is 4.74 Å². The minimum Gasteiger partial charge on any atom is -0.497 e. The van der Waals surface area contributed by atoms with Gasteiger partial charge in [0.15, 0.2) is 17.4 Å². The number of hydrogen-bond donors (Lipinski definition) is 1. The number of nitro groups is 1. The van der Waals surface area contributed by atoms with Gasteiger partial charge in [-0.05, 0) is 36.8 Å². The predicted octanol–water partition coefficient (Wildman–Crippen LogP) is 3.50. The second-order valence-electron chi connectivity index (χ2n) is 6.99. The summed E-state index contributed by atoms with van der Waals surface area (Å²) in [5.74, 6) is -6.13. The average Bonchev–Trinajstić information content (AvgIpc) is 2.70. The Morgan fingerprint density at radius 3 is 2.31 bits per heavy atom. The third-order valence-corrected chi connectivity index (χ3v) is 5.34. The summed E-state index contributed by atoms with van der Waals surface area (Å²) in [6, 6.07) is 5.52. The number of carbonyl (C=O) groups is 1. The maximum atomic E-state index is 14.2. The topological polar surface area (TPSA) is 89.7 Å². The van der Waals surface area contributed by atoms with Crippen LogP contribution >= 0.6 is 0 Å². The summed E-state index contributed by atoms with van der Waals surface area (Å²) in [4.78, 5) is 23.7. The van der Waals surface area contributed by atoms with Crippen LogP contribution in [0.2, 0.25) is 0 Å². The number of hydrogen-bond acceptors (Lipinski definition) is 5. The van der Waals surface area contributed by atoms with E-state index in [0.29, 0.717) is 17.9 Å². The third kappa shape index (κ3) is 4.09. The van der Waals surface area contributed by atoms with Crippen LogP contribution in [0.15, 0.2) is 36.4 Å². The van der Waals surface area contributed by atoms with Gasteiger partial charge in [0.25, 0.3) is 0 Å². The van der Waals surface area contributed by atoms with Gasteiger partial charge in [-0.2, -0.15) is 0 Å². The van der Waals surface area contributed by atoms with Crippen molar-refractivity contribution in [3.05, 3.63) is 75.1 Å². The second-order valence-corrected chi connectivity index (χ2v) is 6.99. The number of aliphatic hydroxyl groups is 1. The highest BCUT2D eigenvalue weighted by molar-refractivity contribution is 5.98. The molecule has 0 bridgehead atoms. The molecular weight excluding hydrogens is 391 g/mol. The first-order valence-electron chi connectivity index (χ1n) is 8.87. The normalized spacial score (nSPS) is 24.2. The number of rotatable bonds is 5. The minimum absolute atomic E-state index is 0.245. The molecule has 6 nitrogen and oxygen atoms in total. The number of halogens is 3. The molecular formula is C20H18F3NO5. The molecule has 0 spiro atoms. The zero-order valence-corrected chi connectivity index (χ0v) is 15.3. The molecule has 2 aromatic rings. The Balaban J connectivity index is 1.90. The number of carbonyl (C=O) groups excluding carboxylic acids is 1. The Morgan fingerprint density at radius 2 is 1.72 bits per heavy atom. The summed E-state index contributed by atoms with van der Waals surface area (Å²) < 4.78 is 46.0. The van der Waals surface area contributed by atoms with Crippen molar-refractivity contribution < 1.29 is 32.7 Å². The van der Waals surface area contributed by atoms with Gasteiger partial charge in [0.2, 0.25) is 6.04 Å². The molecule has 0 amide bonds. The number of ether oxygens (including phenoxy) is 1. The highest BCUT2D eigenvalue weighted by Crippen LogP contribution is 2.40. The van der Waals surface area contributed by atoms with Crippen molar-refractivity contribution >= 4 is 5.78 Å². The highest BCUT2D eigenvalue weighted by Gasteiger charge is 2.47. The molecule has 0 aliphatic heterocycles. The van der Waals surface area contributed by atoms with E-state index in [1.807, 2.05) is 0 Å². The first-order chi connectivity index (χ1) is 13.7. The smallest absolute Gasteiger partial charge is 0.220 e. The summed E-state index contributed by atoms with van der Waals surface area (Å²) in [5, 5.41) is 22.1. The first-order valence-corrected chi connectivity index (χ1v) is 8.87. The lowest BCUT2D eigenvalue weighted by Crippen LogP contribution is -2.44. The van der Waals surface area contributed by atoms with Gasteiger partial charge in [-0.25, -0.2) is 13.2 Å². The van der Waals surface area contributed by atoms with E-state index in [-0.39, 0.29) is 24.0 Å². The number of methoxy groups -OCH3 is 1. The Labute approximate surface area is 164 Å². The first kappa shape index (κ1) is 20.8. The molecule has 0 heterocycles. The lowest BCUT2D eigenvalue weighted by Gasteiger charge is -2.34. The van der Waals surface area contributed by atoms with Crippen LogP contribution < -0.4 is 4.74 Å². The Morgan fingerprint density at radius 1 is 1.10 bits per heavy atom. The van der Waals surface area contributed by atoms with Gasteiger partial charge in [0, 0.05) is 28.5 Å².